The van der Waals surface area contributed by atoms with Gasteiger partial charge in [0.2, 0.25) is 0 Å². The maximum absolute atomic E-state index is 10.5. The summed E-state index contributed by atoms with van der Waals surface area (Å²) >= 11 is 0. The van der Waals surface area contributed by atoms with Gasteiger partial charge >= 0.3 is 0 Å². The van der Waals surface area contributed by atoms with E-state index in [1.807, 2.05) is 0 Å². The lowest BCUT2D eigenvalue weighted by Crippen LogP contribution is -2.10. The summed E-state index contributed by atoms with van der Waals surface area (Å²) in [5, 5.41) is 13.5. The highest BCUT2D eigenvalue weighted by Gasteiger charge is 2.08. The molecule has 6 nitrogen and oxygen atoms in total. The highest BCUT2D eigenvalue weighted by molar-refractivity contribution is 5.48. The third-order valence-corrected chi connectivity index (χ3v) is 1.95. The SMILES string of the molecule is Cc1cc([N+](=O)[O-])cnc1NCCCN. The van der Waals surface area contributed by atoms with Crippen LogP contribution < -0.4 is 11.1 Å². The molecule has 0 atom stereocenters. The summed E-state index contributed by atoms with van der Waals surface area (Å²) in [6.07, 6.45) is 2.09. The molecular formula is C9H14N4O2. The van der Waals surface area contributed by atoms with Crippen molar-refractivity contribution in [3.8, 4) is 0 Å². The van der Waals surface area contributed by atoms with Crippen molar-refractivity contribution in [2.24, 2.45) is 5.73 Å². The highest BCUT2D eigenvalue weighted by Crippen LogP contribution is 2.17. The Bertz CT molecular complexity index is 354. The zero-order valence-corrected chi connectivity index (χ0v) is 8.56. The summed E-state index contributed by atoms with van der Waals surface area (Å²) < 4.78 is 0. The summed E-state index contributed by atoms with van der Waals surface area (Å²) in [6, 6.07) is 1.50. The van der Waals surface area contributed by atoms with E-state index in [0.717, 1.165) is 18.5 Å². The number of rotatable bonds is 5. The fourth-order valence-corrected chi connectivity index (χ4v) is 1.15. The van der Waals surface area contributed by atoms with Crippen LogP contribution in [0, 0.1) is 17.0 Å². The summed E-state index contributed by atoms with van der Waals surface area (Å²) in [4.78, 5) is 14.0. The number of nitro groups is 1. The van der Waals surface area contributed by atoms with Gasteiger partial charge in [-0.1, -0.05) is 0 Å². The maximum Gasteiger partial charge on any atom is 0.287 e. The molecule has 0 saturated heterocycles. The molecule has 1 aromatic rings. The van der Waals surface area contributed by atoms with Crippen molar-refractivity contribution < 1.29 is 4.92 Å². The Morgan fingerprint density at radius 1 is 1.67 bits per heavy atom. The molecule has 0 aliphatic rings. The Morgan fingerprint density at radius 2 is 2.40 bits per heavy atom. The number of hydrogen-bond donors (Lipinski definition) is 2. The Labute approximate surface area is 87.7 Å². The topological polar surface area (TPSA) is 94.1 Å². The summed E-state index contributed by atoms with van der Waals surface area (Å²) in [5.41, 5.74) is 6.12. The van der Waals surface area contributed by atoms with E-state index in [9.17, 15) is 10.1 Å². The molecule has 0 amide bonds. The molecule has 1 heterocycles. The predicted molar refractivity (Wildman–Crippen MR) is 57.8 cm³/mol. The van der Waals surface area contributed by atoms with Gasteiger partial charge in [0.1, 0.15) is 12.0 Å². The second kappa shape index (κ2) is 5.26. The third kappa shape index (κ3) is 3.17. The first-order valence-electron chi connectivity index (χ1n) is 4.70. The second-order valence-electron chi connectivity index (χ2n) is 3.19. The number of nitrogens with two attached hydrogens (primary N) is 1. The van der Waals surface area contributed by atoms with Gasteiger partial charge in [-0.3, -0.25) is 10.1 Å². The zero-order chi connectivity index (χ0) is 11.3. The summed E-state index contributed by atoms with van der Waals surface area (Å²) in [7, 11) is 0. The van der Waals surface area contributed by atoms with Crippen LogP contribution in [-0.4, -0.2) is 23.0 Å². The van der Waals surface area contributed by atoms with Crippen molar-refractivity contribution >= 4 is 11.5 Å². The molecule has 15 heavy (non-hydrogen) atoms. The van der Waals surface area contributed by atoms with E-state index in [1.54, 1.807) is 6.92 Å². The molecule has 0 radical (unpaired) electrons. The monoisotopic (exact) mass is 210 g/mol. The molecule has 0 spiro atoms. The Hall–Kier alpha value is -1.69. The van der Waals surface area contributed by atoms with Crippen LogP contribution >= 0.6 is 0 Å². The van der Waals surface area contributed by atoms with Crippen LogP contribution in [0.1, 0.15) is 12.0 Å². The molecule has 0 aliphatic heterocycles. The minimum atomic E-state index is -0.455. The molecule has 6 heteroatoms. The second-order valence-corrected chi connectivity index (χ2v) is 3.19. The molecule has 0 saturated carbocycles. The van der Waals surface area contributed by atoms with Crippen LogP contribution in [0.2, 0.25) is 0 Å². The molecule has 0 bridgehead atoms. The van der Waals surface area contributed by atoms with E-state index in [4.69, 9.17) is 5.73 Å². The number of nitrogens with zero attached hydrogens (tertiary/aromatic N) is 2. The standard InChI is InChI=1S/C9H14N4O2/c1-7-5-8(13(14)15)6-12-9(7)11-4-2-3-10/h5-6H,2-4,10H2,1H3,(H,11,12). The molecule has 0 fully saturated rings. The molecule has 82 valence electrons. The normalized spacial score (nSPS) is 10.0. The van der Waals surface area contributed by atoms with Gasteiger partial charge in [-0.05, 0) is 25.5 Å². The lowest BCUT2D eigenvalue weighted by Gasteiger charge is -2.06. The van der Waals surface area contributed by atoms with Crippen molar-refractivity contribution in [3.63, 3.8) is 0 Å². The fraction of sp³-hybridized carbons (Fsp3) is 0.444. The average molecular weight is 210 g/mol. The number of anilines is 1. The van der Waals surface area contributed by atoms with E-state index in [1.165, 1.54) is 12.3 Å². The highest BCUT2D eigenvalue weighted by atomic mass is 16.6. The van der Waals surface area contributed by atoms with Crippen LogP contribution in [0.15, 0.2) is 12.3 Å². The molecule has 3 N–H and O–H groups in total. The van der Waals surface area contributed by atoms with Gasteiger partial charge in [0.25, 0.3) is 5.69 Å². The van der Waals surface area contributed by atoms with Gasteiger partial charge in [0, 0.05) is 12.6 Å². The van der Waals surface area contributed by atoms with E-state index < -0.39 is 4.92 Å². The number of aromatic nitrogens is 1. The van der Waals surface area contributed by atoms with Crippen LogP contribution in [0.25, 0.3) is 0 Å². The van der Waals surface area contributed by atoms with Crippen LogP contribution in [0.3, 0.4) is 0 Å². The lowest BCUT2D eigenvalue weighted by atomic mass is 10.2. The van der Waals surface area contributed by atoms with Gasteiger partial charge in [-0.15, -0.1) is 0 Å². The van der Waals surface area contributed by atoms with Crippen molar-refractivity contribution in [3.05, 3.63) is 27.9 Å². The van der Waals surface area contributed by atoms with Crippen LogP contribution in [0.4, 0.5) is 11.5 Å². The molecule has 0 unspecified atom stereocenters. The predicted octanol–water partition coefficient (Wildman–Crippen LogP) is 1.06. The molecular weight excluding hydrogens is 196 g/mol. The number of nitrogens with one attached hydrogen (secondary N) is 1. The van der Waals surface area contributed by atoms with Gasteiger partial charge in [-0.2, -0.15) is 0 Å². The quantitative estimate of drug-likeness (QED) is 0.430. The van der Waals surface area contributed by atoms with E-state index in [0.29, 0.717) is 12.4 Å². The van der Waals surface area contributed by atoms with Gasteiger partial charge in [-0.25, -0.2) is 4.98 Å². The zero-order valence-electron chi connectivity index (χ0n) is 8.56. The van der Waals surface area contributed by atoms with E-state index in [-0.39, 0.29) is 5.69 Å². The smallest absolute Gasteiger partial charge is 0.287 e. The first-order chi connectivity index (χ1) is 7.15. The van der Waals surface area contributed by atoms with Crippen molar-refractivity contribution in [2.75, 3.05) is 18.4 Å². The van der Waals surface area contributed by atoms with Crippen molar-refractivity contribution in [1.29, 1.82) is 0 Å². The Balaban J connectivity index is 2.70. The Morgan fingerprint density at radius 3 is 2.93 bits per heavy atom. The first-order valence-corrected chi connectivity index (χ1v) is 4.70. The maximum atomic E-state index is 10.5. The van der Waals surface area contributed by atoms with Crippen molar-refractivity contribution in [2.45, 2.75) is 13.3 Å². The summed E-state index contributed by atoms with van der Waals surface area (Å²) in [5.74, 6) is 0.675. The molecule has 0 aromatic carbocycles. The summed E-state index contributed by atoms with van der Waals surface area (Å²) in [6.45, 7) is 3.12. The average Bonchev–Trinajstić information content (AvgIpc) is 2.20. The largest absolute Gasteiger partial charge is 0.370 e. The van der Waals surface area contributed by atoms with Gasteiger partial charge in [0.15, 0.2) is 0 Å². The van der Waals surface area contributed by atoms with Gasteiger partial charge < -0.3 is 11.1 Å². The molecule has 1 rings (SSSR count). The fourth-order valence-electron chi connectivity index (χ4n) is 1.15. The van der Waals surface area contributed by atoms with Gasteiger partial charge in [0.05, 0.1) is 4.92 Å². The van der Waals surface area contributed by atoms with Crippen molar-refractivity contribution in [1.82, 2.24) is 4.98 Å². The van der Waals surface area contributed by atoms with E-state index >= 15 is 0 Å². The Kier molecular flexibility index (Phi) is 3.99. The lowest BCUT2D eigenvalue weighted by molar-refractivity contribution is -0.385. The molecule has 0 aliphatic carbocycles. The number of hydrogen-bond acceptors (Lipinski definition) is 5. The third-order valence-electron chi connectivity index (χ3n) is 1.95. The number of aryl methyl sites for hydroxylation is 1. The first kappa shape index (κ1) is 11.4. The van der Waals surface area contributed by atoms with Crippen LogP contribution in [-0.2, 0) is 0 Å². The molecule has 1 aromatic heterocycles. The van der Waals surface area contributed by atoms with E-state index in [2.05, 4.69) is 10.3 Å². The number of pyridine rings is 1. The minimum Gasteiger partial charge on any atom is -0.370 e. The minimum absolute atomic E-state index is 0.0110. The van der Waals surface area contributed by atoms with Crippen LogP contribution in [0.5, 0.6) is 0 Å².